The van der Waals surface area contributed by atoms with Gasteiger partial charge in [-0.2, -0.15) is 0 Å². The van der Waals surface area contributed by atoms with Crippen LogP contribution in [0.15, 0.2) is 6.07 Å². The number of carboxylic acids is 1. The number of hydrogen-bond acceptors (Lipinski definition) is 2. The van der Waals surface area contributed by atoms with E-state index in [-0.39, 0.29) is 28.5 Å². The highest BCUT2D eigenvalue weighted by atomic mass is 35.5. The predicted octanol–water partition coefficient (Wildman–Crippen LogP) is 2.56. The minimum atomic E-state index is -1.32. The molecular weight excluding hydrogens is 259 g/mol. The standard InChI is InChI=1S/C13H8ClFO3/c1-3-5-8-9(13(16)17)7-10(15)12(11(8)14)18-6-4-2/h2,7H,6H2,1H3,(H,16,17). The summed E-state index contributed by atoms with van der Waals surface area (Å²) >= 11 is 5.88. The molecule has 1 rings (SSSR count). The predicted molar refractivity (Wildman–Crippen MR) is 65.2 cm³/mol. The van der Waals surface area contributed by atoms with Crippen LogP contribution in [0.4, 0.5) is 4.39 Å². The van der Waals surface area contributed by atoms with E-state index in [1.165, 1.54) is 6.92 Å². The second-order valence-corrected chi connectivity index (χ2v) is 3.47. The van der Waals surface area contributed by atoms with Gasteiger partial charge < -0.3 is 9.84 Å². The molecule has 92 valence electrons. The summed E-state index contributed by atoms with van der Waals surface area (Å²) < 4.78 is 18.6. The number of rotatable bonds is 3. The van der Waals surface area contributed by atoms with Crippen molar-refractivity contribution in [2.75, 3.05) is 6.61 Å². The maximum absolute atomic E-state index is 13.6. The molecule has 1 aromatic rings. The Kier molecular flexibility index (Phi) is 4.59. The molecule has 18 heavy (non-hydrogen) atoms. The van der Waals surface area contributed by atoms with Gasteiger partial charge in [-0.05, 0) is 13.0 Å². The molecule has 5 heteroatoms. The van der Waals surface area contributed by atoms with Crippen LogP contribution in [0.2, 0.25) is 5.02 Å². The Morgan fingerprint density at radius 2 is 2.33 bits per heavy atom. The van der Waals surface area contributed by atoms with Crippen LogP contribution in [0.3, 0.4) is 0 Å². The number of aromatic carboxylic acids is 1. The van der Waals surface area contributed by atoms with Crippen LogP contribution < -0.4 is 4.74 Å². The molecule has 0 fully saturated rings. The molecule has 0 unspecified atom stereocenters. The molecule has 0 amide bonds. The molecular formula is C13H8ClFO3. The van der Waals surface area contributed by atoms with Gasteiger partial charge in [0, 0.05) is 0 Å². The van der Waals surface area contributed by atoms with E-state index >= 15 is 0 Å². The molecule has 1 N–H and O–H groups in total. The maximum atomic E-state index is 13.6. The third-order valence-corrected chi connectivity index (χ3v) is 2.32. The van der Waals surface area contributed by atoms with Gasteiger partial charge >= 0.3 is 5.97 Å². The zero-order valence-corrected chi connectivity index (χ0v) is 10.1. The van der Waals surface area contributed by atoms with Crippen LogP contribution in [0.25, 0.3) is 0 Å². The number of carbonyl (C=O) groups is 1. The first-order valence-corrected chi connectivity index (χ1v) is 5.15. The molecule has 0 saturated heterocycles. The molecule has 3 nitrogen and oxygen atoms in total. The Balaban J connectivity index is 3.49. The molecule has 0 radical (unpaired) electrons. The van der Waals surface area contributed by atoms with Crippen molar-refractivity contribution in [1.29, 1.82) is 0 Å². The third kappa shape index (κ3) is 2.74. The molecule has 0 heterocycles. The Morgan fingerprint density at radius 3 is 2.83 bits per heavy atom. The summed E-state index contributed by atoms with van der Waals surface area (Å²) in [5, 5.41) is 8.74. The fraction of sp³-hybridized carbons (Fsp3) is 0.154. The Hall–Kier alpha value is -2.17. The van der Waals surface area contributed by atoms with E-state index in [1.54, 1.807) is 0 Å². The first-order chi connectivity index (χ1) is 8.52. The summed E-state index contributed by atoms with van der Waals surface area (Å²) in [5.41, 5.74) is -0.319. The maximum Gasteiger partial charge on any atom is 0.337 e. The Morgan fingerprint density at radius 1 is 1.67 bits per heavy atom. The minimum absolute atomic E-state index is 0.0000816. The van der Waals surface area contributed by atoms with Crippen molar-refractivity contribution >= 4 is 17.6 Å². The number of terminal acetylenes is 1. The van der Waals surface area contributed by atoms with Gasteiger partial charge in [-0.25, -0.2) is 9.18 Å². The number of hydrogen-bond donors (Lipinski definition) is 1. The first kappa shape index (κ1) is 13.9. The molecule has 0 atom stereocenters. The Labute approximate surface area is 109 Å². The van der Waals surface area contributed by atoms with Crippen molar-refractivity contribution in [2.45, 2.75) is 6.92 Å². The van der Waals surface area contributed by atoms with Gasteiger partial charge in [0.1, 0.15) is 11.6 Å². The minimum Gasteiger partial charge on any atom is -0.478 e. The first-order valence-electron chi connectivity index (χ1n) is 4.77. The van der Waals surface area contributed by atoms with Crippen LogP contribution in [0.1, 0.15) is 22.8 Å². The average molecular weight is 267 g/mol. The lowest BCUT2D eigenvalue weighted by Gasteiger charge is -2.10. The van der Waals surface area contributed by atoms with Crippen LogP contribution in [-0.2, 0) is 0 Å². The van der Waals surface area contributed by atoms with Crippen LogP contribution in [0, 0.1) is 30.0 Å². The quantitative estimate of drug-likeness (QED) is 0.856. The molecule has 0 aliphatic rings. The van der Waals surface area contributed by atoms with Gasteiger partial charge in [0.05, 0.1) is 11.1 Å². The van der Waals surface area contributed by atoms with E-state index in [9.17, 15) is 9.18 Å². The molecule has 0 bridgehead atoms. The van der Waals surface area contributed by atoms with E-state index in [1.807, 2.05) is 0 Å². The van der Waals surface area contributed by atoms with Crippen LogP contribution in [0.5, 0.6) is 5.75 Å². The molecule has 0 aliphatic carbocycles. The molecule has 1 aromatic carbocycles. The smallest absolute Gasteiger partial charge is 0.337 e. The highest BCUT2D eigenvalue weighted by Gasteiger charge is 2.20. The van der Waals surface area contributed by atoms with Crippen molar-refractivity contribution in [1.82, 2.24) is 0 Å². The summed E-state index contributed by atoms with van der Waals surface area (Å²) in [6.45, 7) is 1.33. The SMILES string of the molecule is C#CCOc1c(F)cc(C(=O)O)c(C#CC)c1Cl. The van der Waals surface area contributed by atoms with E-state index < -0.39 is 11.8 Å². The van der Waals surface area contributed by atoms with E-state index in [0.29, 0.717) is 0 Å². The lowest BCUT2D eigenvalue weighted by Crippen LogP contribution is -2.05. The van der Waals surface area contributed by atoms with Gasteiger partial charge in [-0.1, -0.05) is 23.4 Å². The van der Waals surface area contributed by atoms with Crippen molar-refractivity contribution in [2.24, 2.45) is 0 Å². The van der Waals surface area contributed by atoms with Crippen LogP contribution >= 0.6 is 11.6 Å². The third-order valence-electron chi connectivity index (χ3n) is 1.96. The number of carboxylic acid groups (broad SMARTS) is 1. The highest BCUT2D eigenvalue weighted by molar-refractivity contribution is 6.33. The normalized spacial score (nSPS) is 9.00. The fourth-order valence-electron chi connectivity index (χ4n) is 1.26. The summed E-state index contributed by atoms with van der Waals surface area (Å²) in [6, 6.07) is 0.805. The highest BCUT2D eigenvalue weighted by Crippen LogP contribution is 2.33. The van der Waals surface area contributed by atoms with Crippen molar-refractivity contribution in [3.05, 3.63) is 28.0 Å². The zero-order chi connectivity index (χ0) is 13.7. The lowest BCUT2D eigenvalue weighted by molar-refractivity contribution is 0.0696. The topological polar surface area (TPSA) is 46.5 Å². The van der Waals surface area contributed by atoms with Crippen LogP contribution in [-0.4, -0.2) is 17.7 Å². The molecule has 0 aromatic heterocycles. The van der Waals surface area contributed by atoms with Gasteiger partial charge in [-0.15, -0.1) is 12.3 Å². The van der Waals surface area contributed by atoms with Crippen molar-refractivity contribution in [3.63, 3.8) is 0 Å². The van der Waals surface area contributed by atoms with Gasteiger partial charge in [0.25, 0.3) is 0 Å². The number of halogens is 2. The number of benzene rings is 1. The van der Waals surface area contributed by atoms with Gasteiger partial charge in [0.2, 0.25) is 0 Å². The van der Waals surface area contributed by atoms with Crippen molar-refractivity contribution in [3.8, 4) is 29.9 Å². The van der Waals surface area contributed by atoms with Crippen molar-refractivity contribution < 1.29 is 19.0 Å². The van der Waals surface area contributed by atoms with E-state index in [2.05, 4.69) is 17.8 Å². The lowest BCUT2D eigenvalue weighted by atomic mass is 10.1. The fourth-order valence-corrected chi connectivity index (χ4v) is 1.56. The second kappa shape index (κ2) is 5.95. The summed E-state index contributed by atoms with van der Waals surface area (Å²) in [5.74, 6) is 4.66. The molecule has 0 aliphatic heterocycles. The molecule has 0 saturated carbocycles. The second-order valence-electron chi connectivity index (χ2n) is 3.10. The largest absolute Gasteiger partial charge is 0.478 e. The summed E-state index contributed by atoms with van der Waals surface area (Å²) in [7, 11) is 0. The monoisotopic (exact) mass is 266 g/mol. The molecule has 0 spiro atoms. The average Bonchev–Trinajstić information content (AvgIpc) is 2.32. The summed E-state index contributed by atoms with van der Waals surface area (Å²) in [6.07, 6.45) is 4.99. The van der Waals surface area contributed by atoms with E-state index in [0.717, 1.165) is 6.07 Å². The Bertz CT molecular complexity index is 591. The summed E-state index contributed by atoms with van der Waals surface area (Å²) in [4.78, 5) is 11.0. The zero-order valence-electron chi connectivity index (χ0n) is 9.38. The van der Waals surface area contributed by atoms with Gasteiger partial charge in [-0.3, -0.25) is 0 Å². The van der Waals surface area contributed by atoms with Gasteiger partial charge in [0.15, 0.2) is 11.6 Å². The number of ether oxygens (including phenoxy) is 1. The van der Waals surface area contributed by atoms with E-state index in [4.69, 9.17) is 27.9 Å².